The van der Waals surface area contributed by atoms with Crippen molar-refractivity contribution < 1.29 is 36.2 Å². The number of thiazole rings is 1. The van der Waals surface area contributed by atoms with E-state index in [4.69, 9.17) is 9.84 Å². The van der Waals surface area contributed by atoms with E-state index >= 15 is 0 Å². The summed E-state index contributed by atoms with van der Waals surface area (Å²) in [5.74, 6) is -1.36. The Morgan fingerprint density at radius 3 is 2.43 bits per heavy atom. The van der Waals surface area contributed by atoms with Crippen LogP contribution in [0.2, 0.25) is 0 Å². The first-order chi connectivity index (χ1) is 16.4. The summed E-state index contributed by atoms with van der Waals surface area (Å²) < 4.78 is 73.2. The van der Waals surface area contributed by atoms with Crippen molar-refractivity contribution in [2.24, 2.45) is 0 Å². The Morgan fingerprint density at radius 1 is 1.20 bits per heavy atom. The van der Waals surface area contributed by atoms with Gasteiger partial charge in [-0.2, -0.15) is 21.6 Å². The number of alkyl halides is 3. The van der Waals surface area contributed by atoms with E-state index in [1.54, 1.807) is 38.1 Å². The molecular weight excluding hydrogens is 505 g/mol. The molecule has 1 heterocycles. The second kappa shape index (κ2) is 10.5. The molecule has 0 amide bonds. The number of hydrogen-bond donors (Lipinski definition) is 1. The van der Waals surface area contributed by atoms with Gasteiger partial charge in [0.25, 0.3) is 10.0 Å². The van der Waals surface area contributed by atoms with Crippen LogP contribution >= 0.6 is 11.3 Å². The number of aromatic nitrogens is 1. The Labute approximate surface area is 204 Å². The summed E-state index contributed by atoms with van der Waals surface area (Å²) in [6.07, 6.45) is -0.965. The standard InChI is InChI=1S/C23H21F3N2O5S2/c1-15(2)28(35(31,32)22-27-11-12-34-22)19-9-8-18(23(24,25)26)13-20(19)33-14-17-5-3-16(4-6-17)7-10-21(29)30/h3-13,15H,14H2,1-2H3,(H,29,30). The molecule has 12 heteroatoms. The molecule has 0 fully saturated rings. The van der Waals surface area contributed by atoms with Crippen LogP contribution in [0, 0.1) is 0 Å². The van der Waals surface area contributed by atoms with Crippen molar-refractivity contribution in [1.82, 2.24) is 4.98 Å². The van der Waals surface area contributed by atoms with Crippen molar-refractivity contribution in [2.75, 3.05) is 4.31 Å². The monoisotopic (exact) mass is 526 g/mol. The van der Waals surface area contributed by atoms with Crippen molar-refractivity contribution in [3.05, 3.63) is 76.8 Å². The lowest BCUT2D eigenvalue weighted by Crippen LogP contribution is -2.37. The molecular formula is C23H21F3N2O5S2. The van der Waals surface area contributed by atoms with Crippen LogP contribution in [0.15, 0.2) is 64.5 Å². The van der Waals surface area contributed by atoms with Gasteiger partial charge in [-0.25, -0.2) is 9.78 Å². The first-order valence-corrected chi connectivity index (χ1v) is 12.5. The van der Waals surface area contributed by atoms with Crippen molar-refractivity contribution in [1.29, 1.82) is 0 Å². The van der Waals surface area contributed by atoms with Crippen molar-refractivity contribution in [3.8, 4) is 5.75 Å². The topological polar surface area (TPSA) is 96.8 Å². The summed E-state index contributed by atoms with van der Waals surface area (Å²) in [5.41, 5.74) is 0.154. The number of carboxylic acid groups (broad SMARTS) is 1. The number of aliphatic carboxylic acids is 1. The van der Waals surface area contributed by atoms with Gasteiger partial charge in [0.05, 0.1) is 11.3 Å². The van der Waals surface area contributed by atoms with Crippen LogP contribution in [0.1, 0.15) is 30.5 Å². The van der Waals surface area contributed by atoms with E-state index in [2.05, 4.69) is 4.98 Å². The Balaban J connectivity index is 1.98. The Bertz CT molecular complexity index is 1300. The molecule has 3 aromatic rings. The fourth-order valence-corrected chi connectivity index (χ4v) is 5.73. The average Bonchev–Trinajstić information content (AvgIpc) is 3.32. The van der Waals surface area contributed by atoms with Crippen molar-refractivity contribution in [2.45, 2.75) is 37.0 Å². The fraction of sp³-hybridized carbons (Fsp3) is 0.217. The molecule has 0 spiro atoms. The first-order valence-electron chi connectivity index (χ1n) is 10.2. The molecule has 0 unspecified atom stereocenters. The number of anilines is 1. The maximum Gasteiger partial charge on any atom is 0.416 e. The van der Waals surface area contributed by atoms with Crippen LogP contribution in [0.5, 0.6) is 5.75 Å². The average molecular weight is 527 g/mol. The number of halogens is 3. The molecule has 35 heavy (non-hydrogen) atoms. The number of sulfonamides is 1. The largest absolute Gasteiger partial charge is 0.487 e. The van der Waals surface area contributed by atoms with Crippen LogP contribution in [0.3, 0.4) is 0 Å². The highest BCUT2D eigenvalue weighted by atomic mass is 32.2. The van der Waals surface area contributed by atoms with Crippen LogP contribution in [0.4, 0.5) is 18.9 Å². The number of benzene rings is 2. The molecule has 0 saturated heterocycles. The van der Waals surface area contributed by atoms with Crippen molar-refractivity contribution >= 4 is 39.1 Å². The molecule has 3 rings (SSSR count). The minimum absolute atomic E-state index is 0.0517. The summed E-state index contributed by atoms with van der Waals surface area (Å²) >= 11 is 0.897. The smallest absolute Gasteiger partial charge is 0.416 e. The predicted molar refractivity (Wildman–Crippen MR) is 126 cm³/mol. The van der Waals surface area contributed by atoms with E-state index in [0.29, 0.717) is 11.1 Å². The van der Waals surface area contributed by atoms with Gasteiger partial charge in [-0.15, -0.1) is 11.3 Å². The molecule has 1 aromatic heterocycles. The minimum atomic E-state index is -4.66. The van der Waals surface area contributed by atoms with Crippen LogP contribution in [0.25, 0.3) is 6.08 Å². The molecule has 7 nitrogen and oxygen atoms in total. The molecule has 2 aromatic carbocycles. The zero-order valence-corrected chi connectivity index (χ0v) is 20.2. The lowest BCUT2D eigenvalue weighted by Gasteiger charge is -2.29. The summed E-state index contributed by atoms with van der Waals surface area (Å²) in [5, 5.41) is 10.2. The van der Waals surface area contributed by atoms with Crippen LogP contribution in [-0.4, -0.2) is 30.5 Å². The van der Waals surface area contributed by atoms with E-state index in [1.165, 1.54) is 17.7 Å². The van der Waals surface area contributed by atoms with Gasteiger partial charge in [-0.3, -0.25) is 4.31 Å². The maximum absolute atomic E-state index is 13.4. The molecule has 186 valence electrons. The minimum Gasteiger partial charge on any atom is -0.487 e. The molecule has 0 bridgehead atoms. The first kappa shape index (κ1) is 26.2. The third-order valence-corrected chi connectivity index (χ3v) is 7.84. The molecule has 0 atom stereocenters. The van der Waals surface area contributed by atoms with E-state index < -0.39 is 33.8 Å². The third-order valence-electron chi connectivity index (χ3n) is 4.68. The number of nitrogens with zero attached hydrogens (tertiary/aromatic N) is 2. The van der Waals surface area contributed by atoms with Gasteiger partial charge >= 0.3 is 12.1 Å². The van der Waals surface area contributed by atoms with Crippen molar-refractivity contribution in [3.63, 3.8) is 0 Å². The zero-order chi connectivity index (χ0) is 25.8. The van der Waals surface area contributed by atoms with E-state index in [0.717, 1.165) is 39.9 Å². The Morgan fingerprint density at radius 2 is 1.89 bits per heavy atom. The van der Waals surface area contributed by atoms with Crippen LogP contribution < -0.4 is 9.04 Å². The predicted octanol–water partition coefficient (Wildman–Crippen LogP) is 5.44. The number of rotatable bonds is 9. The van der Waals surface area contributed by atoms with E-state index in [1.807, 2.05) is 0 Å². The highest BCUT2D eigenvalue weighted by Gasteiger charge is 2.35. The lowest BCUT2D eigenvalue weighted by molar-refractivity contribution is -0.137. The van der Waals surface area contributed by atoms with Crippen LogP contribution in [-0.2, 0) is 27.6 Å². The second-order valence-corrected chi connectivity index (χ2v) is 10.5. The molecule has 0 aliphatic carbocycles. The summed E-state index contributed by atoms with van der Waals surface area (Å²) in [4.78, 5) is 14.5. The SMILES string of the molecule is CC(C)N(c1ccc(C(F)(F)F)cc1OCc1ccc(C=CC(=O)O)cc1)S(=O)(=O)c1nccs1. The molecule has 0 saturated carbocycles. The lowest BCUT2D eigenvalue weighted by atomic mass is 10.1. The zero-order valence-electron chi connectivity index (χ0n) is 18.6. The van der Waals surface area contributed by atoms with Gasteiger partial charge in [0.2, 0.25) is 4.34 Å². The van der Waals surface area contributed by atoms with E-state index in [9.17, 15) is 26.4 Å². The summed E-state index contributed by atoms with van der Waals surface area (Å²) in [6.45, 7) is 3.03. The number of carboxylic acids is 1. The van der Waals surface area contributed by atoms with Gasteiger partial charge in [0, 0.05) is 23.7 Å². The number of ether oxygens (including phenoxy) is 1. The van der Waals surface area contributed by atoms with Gasteiger partial charge < -0.3 is 9.84 Å². The van der Waals surface area contributed by atoms with Gasteiger partial charge in [0.1, 0.15) is 12.4 Å². The fourth-order valence-electron chi connectivity index (χ4n) is 3.15. The van der Waals surface area contributed by atoms with Gasteiger partial charge in [-0.1, -0.05) is 24.3 Å². The second-order valence-electron chi connectivity index (χ2n) is 7.57. The summed E-state index contributed by atoms with van der Waals surface area (Å²) in [7, 11) is -4.16. The van der Waals surface area contributed by atoms with Gasteiger partial charge in [-0.05, 0) is 49.2 Å². The van der Waals surface area contributed by atoms with E-state index in [-0.39, 0.29) is 22.4 Å². The quantitative estimate of drug-likeness (QED) is 0.373. The molecule has 0 aliphatic rings. The highest BCUT2D eigenvalue weighted by molar-refractivity contribution is 7.94. The molecule has 1 N–H and O–H groups in total. The van der Waals surface area contributed by atoms with Gasteiger partial charge in [0.15, 0.2) is 0 Å². The Hall–Kier alpha value is -3.38. The number of hydrogen-bond acceptors (Lipinski definition) is 6. The Kier molecular flexibility index (Phi) is 7.86. The highest BCUT2D eigenvalue weighted by Crippen LogP contribution is 2.40. The third kappa shape index (κ3) is 6.40. The maximum atomic E-state index is 13.4. The summed E-state index contributed by atoms with van der Waals surface area (Å²) in [6, 6.07) is 8.50. The molecule has 0 aliphatic heterocycles. The molecule has 0 radical (unpaired) electrons. The number of carbonyl (C=O) groups is 1. The normalized spacial score (nSPS) is 12.3.